The van der Waals surface area contributed by atoms with Crippen LogP contribution in [0, 0.1) is 0 Å². The molecule has 1 fully saturated rings. The molecule has 1 aliphatic rings. The first-order valence-electron chi connectivity index (χ1n) is 6.96. The highest BCUT2D eigenvalue weighted by Gasteiger charge is 2.19. The third-order valence-electron chi connectivity index (χ3n) is 3.44. The van der Waals surface area contributed by atoms with Gasteiger partial charge in [0.2, 0.25) is 0 Å². The van der Waals surface area contributed by atoms with E-state index in [4.69, 9.17) is 5.11 Å². The number of likely N-dealkylation sites (tertiary alicyclic amines) is 1. The summed E-state index contributed by atoms with van der Waals surface area (Å²) in [5, 5.41) is 10.5. The highest BCUT2D eigenvalue weighted by molar-refractivity contribution is 7.12. The fraction of sp³-hybridized carbons (Fsp3) is 0.467. The second-order valence-electron chi connectivity index (χ2n) is 4.94. The molecule has 0 spiro atoms. The molecule has 1 aromatic heterocycles. The van der Waals surface area contributed by atoms with Crippen molar-refractivity contribution in [3.05, 3.63) is 28.0 Å². The van der Waals surface area contributed by atoms with E-state index in [2.05, 4.69) is 0 Å². The first kappa shape index (κ1) is 14.8. The van der Waals surface area contributed by atoms with Crippen molar-refractivity contribution in [3.63, 3.8) is 0 Å². The maximum Gasteiger partial charge on any atom is 0.328 e. The summed E-state index contributed by atoms with van der Waals surface area (Å²) in [5.41, 5.74) is 0.699. The van der Waals surface area contributed by atoms with E-state index in [0.717, 1.165) is 32.0 Å². The van der Waals surface area contributed by atoms with Crippen LogP contribution in [0.1, 0.15) is 47.3 Å². The first-order chi connectivity index (χ1) is 9.68. The Kier molecular flexibility index (Phi) is 5.35. The molecule has 1 aromatic rings. The summed E-state index contributed by atoms with van der Waals surface area (Å²) in [6, 6.07) is 1.79. The van der Waals surface area contributed by atoms with E-state index in [0.29, 0.717) is 10.4 Å². The standard InChI is InChI=1S/C15H19NO3S/c17-13(18)7-6-12-8-11-20-14(12)15(19)16-9-4-2-1-3-5-10-16/h6-8,11H,1-5,9-10H2,(H,17,18). The molecular weight excluding hydrogens is 274 g/mol. The number of amides is 1. The highest BCUT2D eigenvalue weighted by Crippen LogP contribution is 2.22. The molecule has 1 aliphatic heterocycles. The van der Waals surface area contributed by atoms with E-state index in [1.54, 1.807) is 6.07 Å². The molecule has 1 amide bonds. The monoisotopic (exact) mass is 293 g/mol. The van der Waals surface area contributed by atoms with Gasteiger partial charge in [0.25, 0.3) is 5.91 Å². The zero-order chi connectivity index (χ0) is 14.4. The smallest absolute Gasteiger partial charge is 0.328 e. The van der Waals surface area contributed by atoms with E-state index < -0.39 is 5.97 Å². The lowest BCUT2D eigenvalue weighted by molar-refractivity contribution is -0.131. The lowest BCUT2D eigenvalue weighted by atomic mass is 10.1. The van der Waals surface area contributed by atoms with Crippen LogP contribution in [-0.2, 0) is 4.79 Å². The number of hydrogen-bond donors (Lipinski definition) is 1. The number of carboxylic acids is 1. The van der Waals surface area contributed by atoms with Crippen LogP contribution in [0.3, 0.4) is 0 Å². The van der Waals surface area contributed by atoms with Gasteiger partial charge in [-0.05, 0) is 35.9 Å². The summed E-state index contributed by atoms with van der Waals surface area (Å²) in [6.45, 7) is 1.61. The van der Waals surface area contributed by atoms with E-state index in [-0.39, 0.29) is 5.91 Å². The average molecular weight is 293 g/mol. The summed E-state index contributed by atoms with van der Waals surface area (Å²) in [5.74, 6) is -0.965. The van der Waals surface area contributed by atoms with Gasteiger partial charge in [0, 0.05) is 19.2 Å². The molecule has 1 saturated heterocycles. The predicted octanol–water partition coefficient (Wildman–Crippen LogP) is 3.25. The number of nitrogens with zero attached hydrogens (tertiary/aromatic N) is 1. The fourth-order valence-corrected chi connectivity index (χ4v) is 3.23. The third kappa shape index (κ3) is 3.93. The van der Waals surface area contributed by atoms with E-state index in [1.165, 1.54) is 36.7 Å². The van der Waals surface area contributed by atoms with Crippen molar-refractivity contribution in [3.8, 4) is 0 Å². The zero-order valence-corrected chi connectivity index (χ0v) is 12.2. The number of aliphatic carboxylic acids is 1. The quantitative estimate of drug-likeness (QED) is 0.870. The number of carboxylic acid groups (broad SMARTS) is 1. The van der Waals surface area contributed by atoms with Crippen molar-refractivity contribution in [2.45, 2.75) is 32.1 Å². The molecule has 0 aliphatic carbocycles. The summed E-state index contributed by atoms with van der Waals surface area (Å²) in [6.07, 6.45) is 8.30. The molecule has 0 atom stereocenters. The maximum absolute atomic E-state index is 12.5. The molecule has 0 aromatic carbocycles. The molecule has 5 heteroatoms. The van der Waals surface area contributed by atoms with Crippen LogP contribution in [0.4, 0.5) is 0 Å². The van der Waals surface area contributed by atoms with Crippen LogP contribution in [0.2, 0.25) is 0 Å². The molecule has 0 unspecified atom stereocenters. The van der Waals surface area contributed by atoms with Crippen LogP contribution in [0.25, 0.3) is 6.08 Å². The minimum Gasteiger partial charge on any atom is -0.478 e. The lowest BCUT2D eigenvalue weighted by Crippen LogP contribution is -2.33. The Bertz CT molecular complexity index is 499. The SMILES string of the molecule is O=C(O)C=Cc1ccsc1C(=O)N1CCCCCCC1. The number of hydrogen-bond acceptors (Lipinski definition) is 3. The van der Waals surface area contributed by atoms with Crippen LogP contribution < -0.4 is 0 Å². The van der Waals surface area contributed by atoms with Gasteiger partial charge in [0.15, 0.2) is 0 Å². The van der Waals surface area contributed by atoms with Crippen LogP contribution in [-0.4, -0.2) is 35.0 Å². The molecule has 0 saturated carbocycles. The predicted molar refractivity (Wildman–Crippen MR) is 80.0 cm³/mol. The Morgan fingerprint density at radius 1 is 1.15 bits per heavy atom. The number of carbonyl (C=O) groups is 2. The summed E-state index contributed by atoms with van der Waals surface area (Å²) < 4.78 is 0. The van der Waals surface area contributed by atoms with Gasteiger partial charge in [-0.1, -0.05) is 19.3 Å². The van der Waals surface area contributed by atoms with Gasteiger partial charge >= 0.3 is 5.97 Å². The normalized spacial score (nSPS) is 16.9. The first-order valence-corrected chi connectivity index (χ1v) is 7.84. The van der Waals surface area contributed by atoms with Gasteiger partial charge in [0.1, 0.15) is 0 Å². The number of carbonyl (C=O) groups excluding carboxylic acids is 1. The van der Waals surface area contributed by atoms with Crippen molar-refractivity contribution in [2.75, 3.05) is 13.1 Å². The largest absolute Gasteiger partial charge is 0.478 e. The van der Waals surface area contributed by atoms with E-state index >= 15 is 0 Å². The van der Waals surface area contributed by atoms with Gasteiger partial charge in [-0.3, -0.25) is 4.79 Å². The summed E-state index contributed by atoms with van der Waals surface area (Å²) in [4.78, 5) is 25.7. The highest BCUT2D eigenvalue weighted by atomic mass is 32.1. The number of thiophene rings is 1. The average Bonchev–Trinajstić information content (AvgIpc) is 2.83. The van der Waals surface area contributed by atoms with Crippen LogP contribution in [0.5, 0.6) is 0 Å². The molecular formula is C15H19NO3S. The molecule has 20 heavy (non-hydrogen) atoms. The minimum absolute atomic E-state index is 0.0342. The zero-order valence-electron chi connectivity index (χ0n) is 11.4. The second kappa shape index (κ2) is 7.24. The van der Waals surface area contributed by atoms with Crippen LogP contribution in [0.15, 0.2) is 17.5 Å². The minimum atomic E-state index is -0.999. The van der Waals surface area contributed by atoms with Gasteiger partial charge in [-0.25, -0.2) is 4.79 Å². The van der Waals surface area contributed by atoms with Crippen LogP contribution >= 0.6 is 11.3 Å². The van der Waals surface area contributed by atoms with Crippen molar-refractivity contribution in [2.24, 2.45) is 0 Å². The molecule has 0 radical (unpaired) electrons. The Morgan fingerprint density at radius 2 is 1.80 bits per heavy atom. The molecule has 4 nitrogen and oxygen atoms in total. The number of rotatable bonds is 3. The summed E-state index contributed by atoms with van der Waals surface area (Å²) >= 11 is 1.38. The van der Waals surface area contributed by atoms with Crippen molar-refractivity contribution in [1.29, 1.82) is 0 Å². The van der Waals surface area contributed by atoms with Gasteiger partial charge in [-0.15, -0.1) is 11.3 Å². The van der Waals surface area contributed by atoms with Crippen molar-refractivity contribution < 1.29 is 14.7 Å². The van der Waals surface area contributed by atoms with E-state index in [9.17, 15) is 9.59 Å². The fourth-order valence-electron chi connectivity index (χ4n) is 2.38. The Labute approximate surface area is 122 Å². The lowest BCUT2D eigenvalue weighted by Gasteiger charge is -2.24. The Balaban J connectivity index is 2.11. The second-order valence-corrected chi connectivity index (χ2v) is 5.85. The van der Waals surface area contributed by atoms with Crippen molar-refractivity contribution in [1.82, 2.24) is 4.90 Å². The van der Waals surface area contributed by atoms with Crippen molar-refractivity contribution >= 4 is 29.3 Å². The van der Waals surface area contributed by atoms with Gasteiger partial charge in [-0.2, -0.15) is 0 Å². The Morgan fingerprint density at radius 3 is 2.45 bits per heavy atom. The third-order valence-corrected chi connectivity index (χ3v) is 4.36. The molecule has 2 heterocycles. The molecule has 1 N–H and O–H groups in total. The Hall–Kier alpha value is -1.62. The summed E-state index contributed by atoms with van der Waals surface area (Å²) in [7, 11) is 0. The van der Waals surface area contributed by atoms with Gasteiger partial charge < -0.3 is 10.0 Å². The van der Waals surface area contributed by atoms with Gasteiger partial charge in [0.05, 0.1) is 4.88 Å². The molecule has 2 rings (SSSR count). The topological polar surface area (TPSA) is 57.6 Å². The molecule has 108 valence electrons. The maximum atomic E-state index is 12.5. The van der Waals surface area contributed by atoms with E-state index in [1.807, 2.05) is 10.3 Å². The molecule has 0 bridgehead atoms.